The topological polar surface area (TPSA) is 45.5 Å². The third-order valence-corrected chi connectivity index (χ3v) is 4.09. The lowest BCUT2D eigenvalue weighted by Gasteiger charge is -2.31. The zero-order valence-corrected chi connectivity index (χ0v) is 12.4. The van der Waals surface area contributed by atoms with Gasteiger partial charge in [-0.25, -0.2) is 0 Å². The van der Waals surface area contributed by atoms with Crippen LogP contribution in [0.2, 0.25) is 0 Å². The van der Waals surface area contributed by atoms with E-state index in [1.54, 1.807) is 18.4 Å². The molecule has 0 saturated heterocycles. The lowest BCUT2D eigenvalue weighted by atomic mass is 10.0. The van der Waals surface area contributed by atoms with E-state index in [2.05, 4.69) is 29.2 Å². The maximum absolute atomic E-state index is 8.54. The number of nitriles is 1. The normalized spacial score (nSPS) is 13.1. The molecular formula is C19H14N2O2. The van der Waals surface area contributed by atoms with Gasteiger partial charge >= 0.3 is 0 Å². The maximum Gasteiger partial charge on any atom is 0.292 e. The van der Waals surface area contributed by atoms with Gasteiger partial charge in [0.2, 0.25) is 0 Å². The van der Waals surface area contributed by atoms with Gasteiger partial charge in [0.05, 0.1) is 6.54 Å². The second kappa shape index (κ2) is 5.54. The van der Waals surface area contributed by atoms with Gasteiger partial charge in [0.1, 0.15) is 11.5 Å². The van der Waals surface area contributed by atoms with Crippen molar-refractivity contribution in [1.82, 2.24) is 0 Å². The van der Waals surface area contributed by atoms with Gasteiger partial charge in [-0.05, 0) is 41.1 Å². The van der Waals surface area contributed by atoms with Crippen molar-refractivity contribution in [3.05, 3.63) is 66.2 Å². The van der Waals surface area contributed by atoms with Crippen molar-refractivity contribution in [1.29, 1.82) is 5.26 Å². The molecule has 0 bridgehead atoms. The average Bonchev–Trinajstić information content (AvgIpc) is 2.62. The highest BCUT2D eigenvalue weighted by Gasteiger charge is 2.19. The fraction of sp³-hybridized carbons (Fsp3) is 0.105. The summed E-state index contributed by atoms with van der Waals surface area (Å²) in [5.41, 5.74) is 2.24. The molecule has 0 amide bonds. The van der Waals surface area contributed by atoms with E-state index in [4.69, 9.17) is 14.7 Å². The molecule has 0 N–H and O–H groups in total. The smallest absolute Gasteiger partial charge is 0.292 e. The first-order valence-electron chi connectivity index (χ1n) is 7.39. The zero-order valence-electron chi connectivity index (χ0n) is 12.4. The Morgan fingerprint density at radius 2 is 1.83 bits per heavy atom. The van der Waals surface area contributed by atoms with E-state index in [1.165, 1.54) is 16.3 Å². The molecule has 1 heterocycles. The molecule has 1 aliphatic rings. The van der Waals surface area contributed by atoms with Crippen LogP contribution in [0, 0.1) is 11.5 Å². The van der Waals surface area contributed by atoms with Crippen LogP contribution in [0.1, 0.15) is 5.56 Å². The Morgan fingerprint density at radius 1 is 1.00 bits per heavy atom. The highest BCUT2D eigenvalue weighted by Crippen LogP contribution is 2.34. The summed E-state index contributed by atoms with van der Waals surface area (Å²) in [6.45, 7) is 1.29. The van der Waals surface area contributed by atoms with Crippen molar-refractivity contribution < 1.29 is 9.47 Å². The van der Waals surface area contributed by atoms with Crippen LogP contribution in [0.25, 0.3) is 10.8 Å². The molecule has 112 valence electrons. The van der Waals surface area contributed by atoms with Crippen LogP contribution < -0.4 is 14.4 Å². The standard InChI is InChI=1S/C19H14N2O2/c20-12-22-16-8-6-15(7-9-16)21-11-18-17-4-2-1-3-14(17)5-10-19(18)23-13-21/h1-10H,11,13H2. The van der Waals surface area contributed by atoms with Crippen LogP contribution in [0.4, 0.5) is 5.69 Å². The van der Waals surface area contributed by atoms with Gasteiger partial charge in [-0.1, -0.05) is 30.3 Å². The Balaban J connectivity index is 1.68. The highest BCUT2D eigenvalue weighted by atomic mass is 16.5. The molecule has 4 rings (SSSR count). The van der Waals surface area contributed by atoms with Crippen molar-refractivity contribution in [3.63, 3.8) is 0 Å². The number of hydrogen-bond donors (Lipinski definition) is 0. The largest absolute Gasteiger partial charge is 0.473 e. The number of nitrogens with zero attached hydrogens (tertiary/aromatic N) is 2. The van der Waals surface area contributed by atoms with E-state index in [0.29, 0.717) is 12.5 Å². The summed E-state index contributed by atoms with van der Waals surface area (Å²) < 4.78 is 10.7. The number of ether oxygens (including phenoxy) is 2. The minimum absolute atomic E-state index is 0.504. The van der Waals surface area contributed by atoms with Gasteiger partial charge in [-0.15, -0.1) is 5.26 Å². The lowest BCUT2D eigenvalue weighted by molar-refractivity contribution is 0.290. The van der Waals surface area contributed by atoms with E-state index >= 15 is 0 Å². The Labute approximate surface area is 134 Å². The average molecular weight is 302 g/mol. The SMILES string of the molecule is N#COc1ccc(N2COc3ccc4ccccc4c3C2)cc1. The minimum atomic E-state index is 0.504. The quantitative estimate of drug-likeness (QED) is 0.670. The first kappa shape index (κ1) is 13.5. The van der Waals surface area contributed by atoms with Crippen LogP contribution in [0.5, 0.6) is 11.5 Å². The lowest BCUT2D eigenvalue weighted by Crippen LogP contribution is -2.31. The van der Waals surface area contributed by atoms with Crippen molar-refractivity contribution in [2.24, 2.45) is 0 Å². The summed E-state index contributed by atoms with van der Waals surface area (Å²) in [5.74, 6) is 1.49. The van der Waals surface area contributed by atoms with E-state index in [1.807, 2.05) is 24.3 Å². The summed E-state index contributed by atoms with van der Waals surface area (Å²) in [4.78, 5) is 2.16. The Hall–Kier alpha value is -3.19. The molecular weight excluding hydrogens is 288 g/mol. The van der Waals surface area contributed by atoms with E-state index in [0.717, 1.165) is 18.0 Å². The monoisotopic (exact) mass is 302 g/mol. The highest BCUT2D eigenvalue weighted by molar-refractivity contribution is 5.88. The summed E-state index contributed by atoms with van der Waals surface area (Å²) in [6, 6.07) is 19.9. The molecule has 23 heavy (non-hydrogen) atoms. The van der Waals surface area contributed by atoms with Gasteiger partial charge < -0.3 is 14.4 Å². The van der Waals surface area contributed by atoms with Gasteiger partial charge in [-0.3, -0.25) is 0 Å². The van der Waals surface area contributed by atoms with Gasteiger partial charge in [0.15, 0.2) is 6.73 Å². The van der Waals surface area contributed by atoms with Gasteiger partial charge in [0.25, 0.3) is 6.26 Å². The molecule has 0 unspecified atom stereocenters. The first-order chi connectivity index (χ1) is 11.3. The Morgan fingerprint density at radius 3 is 2.65 bits per heavy atom. The third kappa shape index (κ3) is 2.43. The molecule has 4 heteroatoms. The van der Waals surface area contributed by atoms with Crippen molar-refractivity contribution >= 4 is 16.5 Å². The summed E-state index contributed by atoms with van der Waals surface area (Å²) in [5, 5.41) is 11.0. The number of anilines is 1. The van der Waals surface area contributed by atoms with Crippen LogP contribution in [-0.4, -0.2) is 6.73 Å². The molecule has 0 atom stereocenters. The molecule has 1 aliphatic heterocycles. The maximum atomic E-state index is 8.54. The van der Waals surface area contributed by atoms with Crippen molar-refractivity contribution in [2.75, 3.05) is 11.6 Å². The van der Waals surface area contributed by atoms with Crippen LogP contribution in [0.3, 0.4) is 0 Å². The van der Waals surface area contributed by atoms with Crippen LogP contribution in [0.15, 0.2) is 60.7 Å². The van der Waals surface area contributed by atoms with Crippen LogP contribution in [-0.2, 0) is 6.54 Å². The number of fused-ring (bicyclic) bond motifs is 3. The van der Waals surface area contributed by atoms with Crippen molar-refractivity contribution in [3.8, 4) is 17.8 Å². The third-order valence-electron chi connectivity index (χ3n) is 4.09. The second-order valence-electron chi connectivity index (χ2n) is 5.42. The second-order valence-corrected chi connectivity index (χ2v) is 5.42. The molecule has 0 saturated carbocycles. The molecule has 3 aromatic rings. The number of hydrogen-bond acceptors (Lipinski definition) is 4. The summed E-state index contributed by atoms with van der Waals surface area (Å²) in [7, 11) is 0. The predicted octanol–water partition coefficient (Wildman–Crippen LogP) is 4.06. The Kier molecular flexibility index (Phi) is 3.25. The molecule has 3 aromatic carbocycles. The summed E-state index contributed by atoms with van der Waals surface area (Å²) in [6.07, 6.45) is 1.68. The van der Waals surface area contributed by atoms with Gasteiger partial charge in [0, 0.05) is 11.3 Å². The molecule has 0 radical (unpaired) electrons. The molecule has 0 aromatic heterocycles. The molecule has 0 aliphatic carbocycles. The Bertz CT molecular complexity index is 897. The van der Waals surface area contributed by atoms with Gasteiger partial charge in [-0.2, -0.15) is 0 Å². The fourth-order valence-corrected chi connectivity index (χ4v) is 2.94. The zero-order chi connectivity index (χ0) is 15.6. The first-order valence-corrected chi connectivity index (χ1v) is 7.39. The van der Waals surface area contributed by atoms with E-state index in [-0.39, 0.29) is 0 Å². The van der Waals surface area contributed by atoms with E-state index in [9.17, 15) is 0 Å². The number of rotatable bonds is 2. The van der Waals surface area contributed by atoms with Crippen LogP contribution >= 0.6 is 0 Å². The summed E-state index contributed by atoms with van der Waals surface area (Å²) >= 11 is 0. The fourth-order valence-electron chi connectivity index (χ4n) is 2.94. The van der Waals surface area contributed by atoms with E-state index < -0.39 is 0 Å². The van der Waals surface area contributed by atoms with Crippen molar-refractivity contribution in [2.45, 2.75) is 6.54 Å². The molecule has 0 fully saturated rings. The number of benzene rings is 3. The minimum Gasteiger partial charge on any atom is -0.473 e. The predicted molar refractivity (Wildman–Crippen MR) is 88.3 cm³/mol. The molecule has 0 spiro atoms. The molecule has 4 nitrogen and oxygen atoms in total.